The molecular formula is C23H15BrClNO6S. The number of rotatable bonds is 7. The molecule has 0 atom stereocenters. The number of hydrogen-bond donors (Lipinski definition) is 1. The van der Waals surface area contributed by atoms with Gasteiger partial charge in [-0.3, -0.25) is 9.52 Å². The first-order valence-corrected chi connectivity index (χ1v) is 12.2. The molecule has 0 saturated carbocycles. The molecule has 4 aromatic rings. The Bertz CT molecular complexity index is 1430. The second-order valence-corrected chi connectivity index (χ2v) is 9.91. The second kappa shape index (κ2) is 9.38. The molecule has 0 fully saturated rings. The van der Waals surface area contributed by atoms with Crippen LogP contribution in [0.3, 0.4) is 0 Å². The molecule has 0 bridgehead atoms. The van der Waals surface area contributed by atoms with Crippen LogP contribution in [0.25, 0.3) is 11.0 Å². The minimum atomic E-state index is -4.00. The molecule has 4 rings (SSSR count). The Hall–Kier alpha value is -3.14. The maximum absolute atomic E-state index is 12.7. The van der Waals surface area contributed by atoms with E-state index in [1.165, 1.54) is 12.1 Å². The Morgan fingerprint density at radius 2 is 1.73 bits per heavy atom. The molecule has 0 aliphatic heterocycles. The zero-order valence-corrected chi connectivity index (χ0v) is 19.9. The largest absolute Gasteiger partial charge is 0.454 e. The van der Waals surface area contributed by atoms with Crippen molar-refractivity contribution < 1.29 is 27.2 Å². The van der Waals surface area contributed by atoms with Gasteiger partial charge in [-0.1, -0.05) is 45.7 Å². The summed E-state index contributed by atoms with van der Waals surface area (Å²) in [5.41, 5.74) is 0.688. The Kier molecular flexibility index (Phi) is 6.55. The highest BCUT2D eigenvalue weighted by molar-refractivity contribution is 9.10. The quantitative estimate of drug-likeness (QED) is 0.235. The number of para-hydroxylation sites is 1. The maximum atomic E-state index is 12.7. The van der Waals surface area contributed by atoms with Crippen molar-refractivity contribution in [3.05, 3.63) is 93.6 Å². The monoisotopic (exact) mass is 547 g/mol. The number of nitrogens with one attached hydrogen (secondary N) is 1. The van der Waals surface area contributed by atoms with Crippen LogP contribution in [0, 0.1) is 0 Å². The first-order valence-electron chi connectivity index (χ1n) is 9.50. The van der Waals surface area contributed by atoms with Crippen molar-refractivity contribution >= 4 is 66.0 Å². The fraction of sp³-hybridized carbons (Fsp3) is 0.0435. The Labute approximate surface area is 202 Å². The lowest BCUT2D eigenvalue weighted by molar-refractivity contribution is 0.0468. The van der Waals surface area contributed by atoms with Crippen LogP contribution in [-0.4, -0.2) is 26.8 Å². The van der Waals surface area contributed by atoms with Crippen LogP contribution in [0.1, 0.15) is 20.9 Å². The van der Waals surface area contributed by atoms with Crippen molar-refractivity contribution in [1.82, 2.24) is 0 Å². The van der Waals surface area contributed by atoms with Crippen LogP contribution in [0.5, 0.6) is 0 Å². The summed E-state index contributed by atoms with van der Waals surface area (Å²) in [6, 6.07) is 18.8. The summed E-state index contributed by atoms with van der Waals surface area (Å²) in [7, 11) is -4.00. The molecule has 0 radical (unpaired) electrons. The third-order valence-electron chi connectivity index (χ3n) is 4.60. The van der Waals surface area contributed by atoms with E-state index in [4.69, 9.17) is 20.8 Å². The number of ketones is 1. The molecule has 0 unspecified atom stereocenters. The number of carbonyl (C=O) groups excluding carboxylic acids is 2. The van der Waals surface area contributed by atoms with Gasteiger partial charge in [-0.2, -0.15) is 0 Å². The van der Waals surface area contributed by atoms with Gasteiger partial charge in [0, 0.05) is 15.5 Å². The van der Waals surface area contributed by atoms with Crippen LogP contribution < -0.4 is 4.72 Å². The van der Waals surface area contributed by atoms with E-state index in [-0.39, 0.29) is 21.2 Å². The summed E-state index contributed by atoms with van der Waals surface area (Å²) in [5, 5.41) is 0.727. The van der Waals surface area contributed by atoms with Crippen molar-refractivity contribution in [2.75, 3.05) is 11.3 Å². The number of esters is 1. The molecule has 0 saturated heterocycles. The predicted molar refractivity (Wildman–Crippen MR) is 127 cm³/mol. The highest BCUT2D eigenvalue weighted by Crippen LogP contribution is 2.24. The van der Waals surface area contributed by atoms with Crippen LogP contribution in [-0.2, 0) is 14.8 Å². The average molecular weight is 549 g/mol. The SMILES string of the molecule is O=C(COC(=O)c1cc(S(=O)(=O)Nc2ccc(Br)cc2)ccc1Cl)c1cc2ccccc2o1. The number of halogens is 2. The fourth-order valence-electron chi connectivity index (χ4n) is 2.96. The molecular weight excluding hydrogens is 534 g/mol. The van der Waals surface area contributed by atoms with Gasteiger partial charge in [0.1, 0.15) is 5.58 Å². The molecule has 1 N–H and O–H groups in total. The first kappa shape index (κ1) is 23.0. The number of ether oxygens (including phenoxy) is 1. The van der Waals surface area contributed by atoms with Crippen LogP contribution >= 0.6 is 27.5 Å². The molecule has 1 heterocycles. The Morgan fingerprint density at radius 1 is 1.00 bits per heavy atom. The lowest BCUT2D eigenvalue weighted by Crippen LogP contribution is -2.16. The van der Waals surface area contributed by atoms with E-state index < -0.39 is 28.4 Å². The summed E-state index contributed by atoms with van der Waals surface area (Å²) in [6.45, 7) is -0.594. The zero-order chi connectivity index (χ0) is 23.6. The van der Waals surface area contributed by atoms with Gasteiger partial charge in [0.15, 0.2) is 12.4 Å². The molecule has 0 aliphatic rings. The van der Waals surface area contributed by atoms with Crippen LogP contribution in [0.2, 0.25) is 5.02 Å². The molecule has 0 amide bonds. The molecule has 7 nitrogen and oxygen atoms in total. The van der Waals surface area contributed by atoms with E-state index in [2.05, 4.69) is 20.7 Å². The van der Waals surface area contributed by atoms with Gasteiger partial charge in [-0.25, -0.2) is 13.2 Å². The summed E-state index contributed by atoms with van der Waals surface area (Å²) >= 11 is 9.36. The normalized spacial score (nSPS) is 11.3. The number of benzene rings is 3. The summed E-state index contributed by atoms with van der Waals surface area (Å²) < 4.78 is 39.2. The van der Waals surface area contributed by atoms with E-state index in [1.54, 1.807) is 54.6 Å². The highest BCUT2D eigenvalue weighted by atomic mass is 79.9. The van der Waals surface area contributed by atoms with Crippen LogP contribution in [0.4, 0.5) is 5.69 Å². The molecule has 0 spiro atoms. The van der Waals surface area contributed by atoms with E-state index in [0.29, 0.717) is 11.3 Å². The van der Waals surface area contributed by atoms with Gasteiger partial charge in [0.25, 0.3) is 10.0 Å². The minimum absolute atomic E-state index is 0.0150. The van der Waals surface area contributed by atoms with Crippen molar-refractivity contribution in [2.24, 2.45) is 0 Å². The third kappa shape index (κ3) is 5.27. The van der Waals surface area contributed by atoms with E-state index in [0.717, 1.165) is 15.9 Å². The topological polar surface area (TPSA) is 103 Å². The lowest BCUT2D eigenvalue weighted by atomic mass is 10.2. The van der Waals surface area contributed by atoms with Crippen LogP contribution in [0.15, 0.2) is 86.6 Å². The van der Waals surface area contributed by atoms with Crippen molar-refractivity contribution in [3.8, 4) is 0 Å². The number of carbonyl (C=O) groups is 2. The summed E-state index contributed by atoms with van der Waals surface area (Å²) in [6.07, 6.45) is 0. The van der Waals surface area contributed by atoms with Crippen molar-refractivity contribution in [1.29, 1.82) is 0 Å². The number of hydrogen-bond acceptors (Lipinski definition) is 6. The number of furan rings is 1. The van der Waals surface area contributed by atoms with E-state index >= 15 is 0 Å². The zero-order valence-electron chi connectivity index (χ0n) is 16.7. The fourth-order valence-corrected chi connectivity index (χ4v) is 4.50. The van der Waals surface area contributed by atoms with Crippen molar-refractivity contribution in [2.45, 2.75) is 4.90 Å². The van der Waals surface area contributed by atoms with Crippen molar-refractivity contribution in [3.63, 3.8) is 0 Å². The Morgan fingerprint density at radius 3 is 2.45 bits per heavy atom. The van der Waals surface area contributed by atoms with E-state index in [1.807, 2.05) is 0 Å². The van der Waals surface area contributed by atoms with Gasteiger partial charge in [0.2, 0.25) is 5.78 Å². The van der Waals surface area contributed by atoms with Gasteiger partial charge in [-0.15, -0.1) is 0 Å². The Balaban J connectivity index is 1.48. The third-order valence-corrected chi connectivity index (χ3v) is 6.84. The van der Waals surface area contributed by atoms with Gasteiger partial charge >= 0.3 is 5.97 Å². The molecule has 33 heavy (non-hydrogen) atoms. The highest BCUT2D eigenvalue weighted by Gasteiger charge is 2.21. The smallest absolute Gasteiger partial charge is 0.340 e. The molecule has 3 aromatic carbocycles. The number of anilines is 1. The second-order valence-electron chi connectivity index (χ2n) is 6.90. The molecule has 168 valence electrons. The summed E-state index contributed by atoms with van der Waals surface area (Å²) in [4.78, 5) is 24.7. The summed E-state index contributed by atoms with van der Waals surface area (Å²) in [5.74, 6) is -1.44. The number of fused-ring (bicyclic) bond motifs is 1. The van der Waals surface area contributed by atoms with E-state index in [9.17, 15) is 18.0 Å². The molecule has 10 heteroatoms. The predicted octanol–water partition coefficient (Wildman–Crippen LogP) is 5.69. The minimum Gasteiger partial charge on any atom is -0.454 e. The molecule has 0 aliphatic carbocycles. The first-order chi connectivity index (χ1) is 15.7. The van der Waals surface area contributed by atoms with Gasteiger partial charge in [-0.05, 0) is 54.6 Å². The molecule has 1 aromatic heterocycles. The number of sulfonamides is 1. The standard InChI is InChI=1S/C23H15BrClNO6S/c24-15-5-7-16(8-6-15)26-33(29,30)17-9-10-19(25)18(12-17)23(28)31-13-20(27)22-11-14-3-1-2-4-21(14)32-22/h1-12,26H,13H2. The maximum Gasteiger partial charge on any atom is 0.340 e. The van der Waals surface area contributed by atoms with Gasteiger partial charge in [0.05, 0.1) is 15.5 Å². The number of Topliss-reactive ketones (excluding diaryl/α,β-unsaturated/α-hetero) is 1. The average Bonchev–Trinajstić information content (AvgIpc) is 3.23. The lowest BCUT2D eigenvalue weighted by Gasteiger charge is -2.10. The van der Waals surface area contributed by atoms with Gasteiger partial charge < -0.3 is 9.15 Å².